The van der Waals surface area contributed by atoms with E-state index in [4.69, 9.17) is 8.83 Å². The Labute approximate surface area is 347 Å². The van der Waals surface area contributed by atoms with Crippen molar-refractivity contribution in [3.05, 3.63) is 192 Å². The normalized spacial score (nSPS) is 11.7. The first-order valence-corrected chi connectivity index (χ1v) is 20.3. The molecule has 0 unspecified atom stereocenters. The van der Waals surface area contributed by atoms with Crippen LogP contribution in [0.5, 0.6) is 0 Å². The fourth-order valence-corrected chi connectivity index (χ4v) is 8.99. The molecule has 0 aliphatic heterocycles. The van der Waals surface area contributed by atoms with Crippen LogP contribution in [0, 0.1) is 39.0 Å². The molecule has 0 radical (unpaired) electrons. The van der Waals surface area contributed by atoms with Gasteiger partial charge in [-0.25, -0.2) is 0 Å². The molecular weight excluding hydrogens is 735 g/mol. The van der Waals surface area contributed by atoms with E-state index in [0.717, 1.165) is 88.4 Å². The average Bonchev–Trinajstić information content (AvgIpc) is 3.79. The average molecular weight is 774 g/mol. The van der Waals surface area contributed by atoms with E-state index in [-0.39, 0.29) is 0 Å². The highest BCUT2D eigenvalue weighted by Crippen LogP contribution is 2.45. The minimum atomic E-state index is 0.446. The molecule has 0 saturated heterocycles. The fourth-order valence-electron chi connectivity index (χ4n) is 8.99. The summed E-state index contributed by atoms with van der Waals surface area (Å²) in [6.45, 7) is 8.50. The highest BCUT2D eigenvalue weighted by atomic mass is 16.3. The number of hydrogen-bond donors (Lipinski definition) is 0. The van der Waals surface area contributed by atoms with Crippen LogP contribution in [0.25, 0.3) is 65.4 Å². The zero-order valence-electron chi connectivity index (χ0n) is 33.7. The number of furan rings is 2. The molecule has 5 nitrogen and oxygen atoms in total. The van der Waals surface area contributed by atoms with Gasteiger partial charge in [0, 0.05) is 61.7 Å². The minimum Gasteiger partial charge on any atom is -0.456 e. The molecule has 0 aliphatic carbocycles. The Morgan fingerprint density at radius 3 is 1.23 bits per heavy atom. The van der Waals surface area contributed by atoms with Crippen molar-refractivity contribution >= 4 is 99.5 Å². The molecular formula is C55H39N3O2. The lowest BCUT2D eigenvalue weighted by atomic mass is 9.99. The van der Waals surface area contributed by atoms with Crippen LogP contribution in [0.2, 0.25) is 0 Å². The largest absolute Gasteiger partial charge is 0.456 e. The van der Waals surface area contributed by atoms with Crippen molar-refractivity contribution in [2.75, 3.05) is 9.80 Å². The third-order valence-corrected chi connectivity index (χ3v) is 11.7. The Bertz CT molecular complexity index is 3490. The van der Waals surface area contributed by atoms with Crippen molar-refractivity contribution in [3.63, 3.8) is 0 Å². The summed E-state index contributed by atoms with van der Waals surface area (Å²) < 4.78 is 13.3. The summed E-state index contributed by atoms with van der Waals surface area (Å²) in [5.41, 5.74) is 14.4. The summed E-state index contributed by atoms with van der Waals surface area (Å²) in [6.07, 6.45) is 0. The standard InChI is InChI=1S/C55H39N3O2/c1-33-9-5-13-42(21-33)57(43-14-6-10-34(2)22-43)46-19-17-37-27-48-50(29-39(37)25-46)59-52-31-41(32-56)55-54(53(48)52)49-28-38-18-20-47(26-40(38)30-51(49)60-55)58(44-15-7-11-35(3)23-44)45-16-8-12-36(4)24-45/h5-31H,1-4H3. The predicted molar refractivity (Wildman–Crippen MR) is 249 cm³/mol. The Kier molecular flexibility index (Phi) is 8.05. The predicted octanol–water partition coefficient (Wildman–Crippen LogP) is 15.8. The number of fused-ring (bicyclic) bond motifs is 9. The molecule has 5 heteroatoms. The second-order valence-corrected chi connectivity index (χ2v) is 16.1. The molecule has 2 heterocycles. The maximum atomic E-state index is 10.4. The van der Waals surface area contributed by atoms with Gasteiger partial charge in [-0.3, -0.25) is 0 Å². The topological polar surface area (TPSA) is 56.6 Å². The smallest absolute Gasteiger partial charge is 0.154 e. The van der Waals surface area contributed by atoms with E-state index in [9.17, 15) is 5.26 Å². The second kappa shape index (κ2) is 13.7. The molecule has 0 bridgehead atoms. The number of benzene rings is 9. The van der Waals surface area contributed by atoms with Crippen LogP contribution in [0.1, 0.15) is 27.8 Å². The molecule has 0 spiro atoms. The van der Waals surface area contributed by atoms with Gasteiger partial charge in [0.25, 0.3) is 0 Å². The molecule has 0 fully saturated rings. The SMILES string of the molecule is Cc1cccc(N(c2cccc(C)c2)c2ccc3cc4c(cc3c2)oc2cc(C#N)c3oc5cc6cc(N(c7cccc(C)c7)c7cccc(C)c7)ccc6cc5c3c24)c1. The van der Waals surface area contributed by atoms with E-state index in [0.29, 0.717) is 16.7 Å². The van der Waals surface area contributed by atoms with E-state index in [1.807, 2.05) is 6.07 Å². The van der Waals surface area contributed by atoms with E-state index in [2.05, 4.69) is 201 Å². The van der Waals surface area contributed by atoms with Crippen LogP contribution >= 0.6 is 0 Å². The Balaban J connectivity index is 1.08. The van der Waals surface area contributed by atoms with Crippen molar-refractivity contribution in [1.82, 2.24) is 0 Å². The first-order valence-electron chi connectivity index (χ1n) is 20.3. The van der Waals surface area contributed by atoms with Crippen molar-refractivity contribution in [2.45, 2.75) is 27.7 Å². The van der Waals surface area contributed by atoms with Gasteiger partial charge in [-0.2, -0.15) is 5.26 Å². The van der Waals surface area contributed by atoms with Crippen LogP contribution in [0.3, 0.4) is 0 Å². The Hall–Kier alpha value is -7.81. The lowest BCUT2D eigenvalue weighted by Crippen LogP contribution is -2.10. The molecule has 0 saturated carbocycles. The summed E-state index contributed by atoms with van der Waals surface area (Å²) in [6, 6.07) is 60.5. The van der Waals surface area contributed by atoms with Gasteiger partial charge >= 0.3 is 0 Å². The van der Waals surface area contributed by atoms with Gasteiger partial charge in [0.2, 0.25) is 0 Å². The lowest BCUT2D eigenvalue weighted by molar-refractivity contribution is 0.662. The summed E-state index contributed by atoms with van der Waals surface area (Å²) >= 11 is 0. The van der Waals surface area contributed by atoms with Gasteiger partial charge in [0.05, 0.1) is 5.56 Å². The van der Waals surface area contributed by atoms with E-state index in [1.165, 1.54) is 22.3 Å². The van der Waals surface area contributed by atoms with Gasteiger partial charge in [-0.15, -0.1) is 0 Å². The summed E-state index contributed by atoms with van der Waals surface area (Å²) in [4.78, 5) is 4.60. The molecule has 2 aromatic heterocycles. The highest BCUT2D eigenvalue weighted by molar-refractivity contribution is 6.28. The quantitative estimate of drug-likeness (QED) is 0.168. The molecule has 9 aromatic carbocycles. The zero-order chi connectivity index (χ0) is 40.6. The van der Waals surface area contributed by atoms with Crippen molar-refractivity contribution in [2.24, 2.45) is 0 Å². The summed E-state index contributed by atoms with van der Waals surface area (Å²) in [5, 5.41) is 18.5. The van der Waals surface area contributed by atoms with Crippen molar-refractivity contribution in [3.8, 4) is 6.07 Å². The monoisotopic (exact) mass is 773 g/mol. The third kappa shape index (κ3) is 5.84. The zero-order valence-corrected chi connectivity index (χ0v) is 33.7. The first-order chi connectivity index (χ1) is 29.3. The molecule has 286 valence electrons. The van der Waals surface area contributed by atoms with Crippen molar-refractivity contribution in [1.29, 1.82) is 5.26 Å². The Morgan fingerprint density at radius 1 is 0.383 bits per heavy atom. The first kappa shape index (κ1) is 35.4. The van der Waals surface area contributed by atoms with Crippen LogP contribution in [-0.4, -0.2) is 0 Å². The van der Waals surface area contributed by atoms with Gasteiger partial charge in [-0.05, 0) is 169 Å². The maximum absolute atomic E-state index is 10.4. The van der Waals surface area contributed by atoms with E-state index in [1.54, 1.807) is 0 Å². The molecule has 11 aromatic rings. The fraction of sp³-hybridized carbons (Fsp3) is 0.0727. The highest BCUT2D eigenvalue weighted by Gasteiger charge is 2.22. The second-order valence-electron chi connectivity index (χ2n) is 16.1. The van der Waals surface area contributed by atoms with Crippen LogP contribution < -0.4 is 9.80 Å². The van der Waals surface area contributed by atoms with Gasteiger partial charge < -0.3 is 18.6 Å². The summed E-state index contributed by atoms with van der Waals surface area (Å²) in [7, 11) is 0. The van der Waals surface area contributed by atoms with Gasteiger partial charge in [0.15, 0.2) is 5.58 Å². The van der Waals surface area contributed by atoms with Gasteiger partial charge in [-0.1, -0.05) is 60.7 Å². The van der Waals surface area contributed by atoms with Crippen molar-refractivity contribution < 1.29 is 8.83 Å². The molecule has 0 amide bonds. The lowest BCUT2D eigenvalue weighted by Gasteiger charge is -2.26. The van der Waals surface area contributed by atoms with E-state index >= 15 is 0 Å². The van der Waals surface area contributed by atoms with E-state index < -0.39 is 0 Å². The molecule has 0 atom stereocenters. The van der Waals surface area contributed by atoms with Gasteiger partial charge in [0.1, 0.15) is 22.8 Å². The number of nitriles is 1. The van der Waals surface area contributed by atoms with Crippen LogP contribution in [-0.2, 0) is 0 Å². The Morgan fingerprint density at radius 2 is 0.800 bits per heavy atom. The minimum absolute atomic E-state index is 0.446. The number of hydrogen-bond acceptors (Lipinski definition) is 5. The third-order valence-electron chi connectivity index (χ3n) is 11.7. The van der Waals surface area contributed by atoms with Crippen LogP contribution in [0.15, 0.2) is 173 Å². The molecule has 60 heavy (non-hydrogen) atoms. The number of anilines is 6. The molecule has 0 N–H and O–H groups in total. The van der Waals surface area contributed by atoms with Crippen LogP contribution in [0.4, 0.5) is 34.1 Å². The molecule has 0 aliphatic rings. The molecule has 11 rings (SSSR count). The number of nitrogens with zero attached hydrogens (tertiary/aromatic N) is 3. The number of aryl methyl sites for hydroxylation is 4. The maximum Gasteiger partial charge on any atom is 0.154 e. The number of rotatable bonds is 6. The summed E-state index contributed by atoms with van der Waals surface area (Å²) in [5.74, 6) is 0.